The highest BCUT2D eigenvalue weighted by atomic mass is 16.5. The number of rotatable bonds is 2. The number of para-hydroxylation sites is 1. The summed E-state index contributed by atoms with van der Waals surface area (Å²) in [6, 6.07) is 9.74. The van der Waals surface area contributed by atoms with Crippen LogP contribution in [0.25, 0.3) is 0 Å². The molecule has 2 aliphatic heterocycles. The van der Waals surface area contributed by atoms with Gasteiger partial charge < -0.3 is 4.74 Å². The van der Waals surface area contributed by atoms with Crippen LogP contribution in [0.2, 0.25) is 0 Å². The minimum Gasteiger partial charge on any atom is -0.455 e. The Balaban J connectivity index is 1.75. The lowest BCUT2D eigenvalue weighted by Crippen LogP contribution is -2.50. The molecule has 1 aliphatic carbocycles. The van der Waals surface area contributed by atoms with Crippen molar-refractivity contribution < 1.29 is 4.74 Å². The van der Waals surface area contributed by atoms with E-state index in [9.17, 15) is 0 Å². The van der Waals surface area contributed by atoms with Crippen molar-refractivity contribution in [2.75, 3.05) is 6.67 Å². The Labute approximate surface area is 116 Å². The van der Waals surface area contributed by atoms with Gasteiger partial charge in [0.25, 0.3) is 0 Å². The monoisotopic (exact) mass is 263 g/mol. The fourth-order valence-electron chi connectivity index (χ4n) is 2.68. The maximum Gasteiger partial charge on any atom is 0.151 e. The molecule has 1 atom stereocenters. The number of nitrogens with one attached hydrogen (secondary N) is 1. The third-order valence-electron chi connectivity index (χ3n) is 3.62. The number of ether oxygens (including phenoxy) is 1. The molecule has 1 spiro atoms. The summed E-state index contributed by atoms with van der Waals surface area (Å²) in [5.41, 5.74) is 1.43. The first-order valence-electron chi connectivity index (χ1n) is 6.56. The fourth-order valence-corrected chi connectivity index (χ4v) is 2.68. The van der Waals surface area contributed by atoms with E-state index in [1.54, 1.807) is 6.21 Å². The number of hydrogen-bond donors (Lipinski definition) is 1. The molecule has 1 aromatic rings. The van der Waals surface area contributed by atoms with E-state index < -0.39 is 5.54 Å². The lowest BCUT2D eigenvalue weighted by Gasteiger charge is -2.33. The van der Waals surface area contributed by atoms with Crippen molar-refractivity contribution >= 4 is 11.9 Å². The molecule has 4 rings (SSSR count). The molecule has 4 nitrogen and oxygen atoms in total. The molecule has 0 radical (unpaired) electrons. The molecule has 98 valence electrons. The molecule has 1 aromatic carbocycles. The van der Waals surface area contributed by atoms with Crippen molar-refractivity contribution in [1.82, 2.24) is 5.32 Å². The van der Waals surface area contributed by atoms with Gasteiger partial charge in [0, 0.05) is 6.21 Å². The van der Waals surface area contributed by atoms with E-state index in [1.165, 1.54) is 0 Å². The Morgan fingerprint density at radius 2 is 2.05 bits per heavy atom. The molecule has 0 amide bonds. The predicted molar refractivity (Wildman–Crippen MR) is 79.0 cm³/mol. The van der Waals surface area contributed by atoms with Gasteiger partial charge in [-0.15, -0.1) is 0 Å². The molecule has 0 fully saturated rings. The lowest BCUT2D eigenvalue weighted by molar-refractivity contribution is 0.445. The van der Waals surface area contributed by atoms with Crippen molar-refractivity contribution in [1.29, 1.82) is 0 Å². The molecule has 1 unspecified atom stereocenters. The van der Waals surface area contributed by atoms with Gasteiger partial charge in [-0.2, -0.15) is 0 Å². The molecule has 0 bridgehead atoms. The minimum absolute atomic E-state index is 0.423. The van der Waals surface area contributed by atoms with Crippen molar-refractivity contribution in [2.24, 2.45) is 9.98 Å². The van der Waals surface area contributed by atoms with Crippen molar-refractivity contribution in [3.63, 3.8) is 0 Å². The SMILES string of the molecule is C1=CC23NCN=C2C(Oc2ccccc2)=CC=C3N=C1. The van der Waals surface area contributed by atoms with E-state index in [0.29, 0.717) is 6.67 Å². The standard InChI is InChI=1S/C16H13N3O/c1-2-5-12(6-3-1)20-13-7-8-14-16(9-4-10-17-14)15(13)18-11-19-16/h1-10,19H,11H2. The highest BCUT2D eigenvalue weighted by molar-refractivity contribution is 6.13. The van der Waals surface area contributed by atoms with Gasteiger partial charge in [-0.3, -0.25) is 15.3 Å². The van der Waals surface area contributed by atoms with Crippen LogP contribution in [-0.4, -0.2) is 24.1 Å². The van der Waals surface area contributed by atoms with E-state index in [4.69, 9.17) is 4.74 Å². The third kappa shape index (κ3) is 1.58. The number of nitrogens with zero attached hydrogens (tertiary/aromatic N) is 2. The van der Waals surface area contributed by atoms with E-state index in [0.717, 1.165) is 22.9 Å². The molecular weight excluding hydrogens is 250 g/mol. The zero-order chi connectivity index (χ0) is 13.4. The minimum atomic E-state index is -0.423. The molecular formula is C16H13N3O. The normalized spacial score (nSPS) is 26.3. The van der Waals surface area contributed by atoms with Gasteiger partial charge >= 0.3 is 0 Å². The smallest absolute Gasteiger partial charge is 0.151 e. The second-order valence-corrected chi connectivity index (χ2v) is 4.78. The van der Waals surface area contributed by atoms with Gasteiger partial charge in [0.15, 0.2) is 5.76 Å². The summed E-state index contributed by atoms with van der Waals surface area (Å²) >= 11 is 0. The summed E-state index contributed by atoms with van der Waals surface area (Å²) < 4.78 is 5.97. The average Bonchev–Trinajstić information content (AvgIpc) is 2.92. The summed E-state index contributed by atoms with van der Waals surface area (Å²) in [6.45, 7) is 0.571. The van der Waals surface area contributed by atoms with Crippen LogP contribution in [0.1, 0.15) is 0 Å². The quantitative estimate of drug-likeness (QED) is 0.889. The maximum atomic E-state index is 5.97. The van der Waals surface area contributed by atoms with Crippen LogP contribution in [-0.2, 0) is 0 Å². The molecule has 3 aliphatic rings. The van der Waals surface area contributed by atoms with Crippen molar-refractivity contribution in [3.8, 4) is 5.75 Å². The zero-order valence-electron chi connectivity index (χ0n) is 10.8. The fraction of sp³-hybridized carbons (Fsp3) is 0.125. The van der Waals surface area contributed by atoms with Crippen molar-refractivity contribution in [2.45, 2.75) is 5.54 Å². The second-order valence-electron chi connectivity index (χ2n) is 4.78. The Kier molecular flexibility index (Phi) is 2.44. The van der Waals surface area contributed by atoms with Crippen LogP contribution in [0.5, 0.6) is 5.75 Å². The molecule has 0 aromatic heterocycles. The molecule has 2 heterocycles. The van der Waals surface area contributed by atoms with Gasteiger partial charge in [-0.25, -0.2) is 0 Å². The predicted octanol–water partition coefficient (Wildman–Crippen LogP) is 2.23. The van der Waals surface area contributed by atoms with Gasteiger partial charge in [-0.05, 0) is 30.4 Å². The highest BCUT2D eigenvalue weighted by Crippen LogP contribution is 2.34. The summed E-state index contributed by atoms with van der Waals surface area (Å²) in [4.78, 5) is 8.99. The molecule has 1 N–H and O–H groups in total. The molecule has 0 saturated carbocycles. The second kappa shape index (κ2) is 4.28. The summed E-state index contributed by atoms with van der Waals surface area (Å²) in [5, 5.41) is 3.40. The summed E-state index contributed by atoms with van der Waals surface area (Å²) in [6.07, 6.45) is 9.74. The van der Waals surface area contributed by atoms with Crippen LogP contribution < -0.4 is 10.1 Å². The lowest BCUT2D eigenvalue weighted by atomic mass is 9.84. The van der Waals surface area contributed by atoms with Crippen LogP contribution >= 0.6 is 0 Å². The number of allylic oxidation sites excluding steroid dienone is 3. The average molecular weight is 263 g/mol. The van der Waals surface area contributed by atoms with Gasteiger partial charge in [0.05, 0.1) is 12.4 Å². The van der Waals surface area contributed by atoms with Crippen LogP contribution in [0, 0.1) is 0 Å². The first-order valence-corrected chi connectivity index (χ1v) is 6.56. The Morgan fingerprint density at radius 3 is 2.95 bits per heavy atom. The van der Waals surface area contributed by atoms with Crippen molar-refractivity contribution in [3.05, 3.63) is 66.1 Å². The number of aliphatic imine (C=N–C) groups is 2. The molecule has 4 heteroatoms. The third-order valence-corrected chi connectivity index (χ3v) is 3.62. The topological polar surface area (TPSA) is 46.0 Å². The van der Waals surface area contributed by atoms with Gasteiger partial charge in [-0.1, -0.05) is 24.3 Å². The number of dihydropyridines is 1. The molecule has 0 saturated heterocycles. The highest BCUT2D eigenvalue weighted by Gasteiger charge is 2.45. The molecule has 20 heavy (non-hydrogen) atoms. The van der Waals surface area contributed by atoms with Gasteiger partial charge in [0.1, 0.15) is 17.0 Å². The number of hydrogen-bond acceptors (Lipinski definition) is 4. The Morgan fingerprint density at radius 1 is 1.15 bits per heavy atom. The van der Waals surface area contributed by atoms with Crippen LogP contribution in [0.4, 0.5) is 0 Å². The first kappa shape index (κ1) is 11.4. The first-order chi connectivity index (χ1) is 9.88. The Bertz CT molecular complexity index is 698. The Hall–Kier alpha value is -2.46. The summed E-state index contributed by atoms with van der Waals surface area (Å²) in [5.74, 6) is 1.58. The van der Waals surface area contributed by atoms with Gasteiger partial charge in [0.2, 0.25) is 0 Å². The maximum absolute atomic E-state index is 5.97. The summed E-state index contributed by atoms with van der Waals surface area (Å²) in [7, 11) is 0. The van der Waals surface area contributed by atoms with Crippen LogP contribution in [0.3, 0.4) is 0 Å². The van der Waals surface area contributed by atoms with E-state index in [-0.39, 0.29) is 0 Å². The van der Waals surface area contributed by atoms with Crippen LogP contribution in [0.15, 0.2) is 76.1 Å². The van der Waals surface area contributed by atoms with E-state index in [1.807, 2.05) is 48.6 Å². The largest absolute Gasteiger partial charge is 0.455 e. The van der Waals surface area contributed by atoms with E-state index >= 15 is 0 Å². The zero-order valence-corrected chi connectivity index (χ0v) is 10.8. The number of benzene rings is 1. The van der Waals surface area contributed by atoms with E-state index in [2.05, 4.69) is 21.4 Å².